The molecule has 0 aliphatic carbocycles. The zero-order chi connectivity index (χ0) is 32.6. The molecular weight excluding hydrogens is 584 g/mol. The van der Waals surface area contributed by atoms with Gasteiger partial charge in [-0.1, -0.05) is 30.3 Å². The van der Waals surface area contributed by atoms with Crippen molar-refractivity contribution in [2.24, 2.45) is 5.73 Å². The van der Waals surface area contributed by atoms with E-state index in [0.29, 0.717) is 15.5 Å². The van der Waals surface area contributed by atoms with Gasteiger partial charge in [-0.3, -0.25) is 24.6 Å². The number of nitrogens with two attached hydrogens (primary N) is 1. The Morgan fingerprint density at radius 1 is 0.953 bits per heavy atom. The molecule has 0 fully saturated rings. The van der Waals surface area contributed by atoms with E-state index in [9.17, 15) is 27.6 Å². The van der Waals surface area contributed by atoms with Gasteiger partial charge in [0.25, 0.3) is 11.5 Å². The fourth-order valence-corrected chi connectivity index (χ4v) is 4.54. The molecule has 0 saturated carbocycles. The Morgan fingerprint density at radius 3 is 2.09 bits per heavy atom. The second-order valence-electron chi connectivity index (χ2n) is 11.2. The van der Waals surface area contributed by atoms with Crippen LogP contribution >= 0.6 is 0 Å². The molecule has 1 aromatic heterocycles. The van der Waals surface area contributed by atoms with Crippen LogP contribution < -0.4 is 16.0 Å². The summed E-state index contributed by atoms with van der Waals surface area (Å²) >= 11 is 0. The number of pyridine rings is 1. The molecule has 0 atom stereocenters. The second kappa shape index (κ2) is 14.2. The third kappa shape index (κ3) is 11.8. The van der Waals surface area contributed by atoms with E-state index in [-0.39, 0.29) is 11.4 Å². The molecule has 15 nitrogen and oxygen atoms in total. The number of carbonyl (C=O) groups is 3. The van der Waals surface area contributed by atoms with Gasteiger partial charge in [0.1, 0.15) is 23.4 Å². The van der Waals surface area contributed by atoms with Gasteiger partial charge in [-0.05, 0) is 59.2 Å². The van der Waals surface area contributed by atoms with Crippen LogP contribution in [0.25, 0.3) is 0 Å². The molecule has 0 saturated heterocycles. The lowest BCUT2D eigenvalue weighted by Crippen LogP contribution is -2.48. The van der Waals surface area contributed by atoms with Gasteiger partial charge in [0.05, 0.1) is 18.9 Å². The SMILES string of the molecule is CC(C)(C)OC(=O)N(CCON(C(=N)N)C(=O)OC(C)(C)C)C(=O)Cn1cccc(NS(=O)(=O)Cc2ccccc2)c1=O. The van der Waals surface area contributed by atoms with Crippen molar-refractivity contribution < 1.29 is 37.1 Å². The molecular formula is C27H38N6O9S. The van der Waals surface area contributed by atoms with Crippen LogP contribution in [-0.2, 0) is 41.4 Å². The van der Waals surface area contributed by atoms with E-state index < -0.39 is 70.5 Å². The molecule has 0 radical (unpaired) electrons. The Kier molecular flexibility index (Phi) is 11.4. The maximum Gasteiger partial charge on any atom is 0.442 e. The average molecular weight is 623 g/mol. The average Bonchev–Trinajstić information content (AvgIpc) is 2.84. The summed E-state index contributed by atoms with van der Waals surface area (Å²) in [5.74, 6) is -2.09. The van der Waals surface area contributed by atoms with Crippen LogP contribution in [0.1, 0.15) is 47.1 Å². The fourth-order valence-electron chi connectivity index (χ4n) is 3.35. The molecule has 1 heterocycles. The number of hydrogen-bond acceptors (Lipinski definition) is 10. The molecule has 4 N–H and O–H groups in total. The number of rotatable bonds is 10. The van der Waals surface area contributed by atoms with Crippen molar-refractivity contribution in [3.8, 4) is 0 Å². The number of guanidine groups is 1. The summed E-state index contributed by atoms with van der Waals surface area (Å²) < 4.78 is 38.9. The molecule has 2 rings (SSSR count). The summed E-state index contributed by atoms with van der Waals surface area (Å²) in [6, 6.07) is 11.0. The number of ether oxygens (including phenoxy) is 2. The Labute approximate surface area is 250 Å². The lowest BCUT2D eigenvalue weighted by molar-refractivity contribution is -0.135. The highest BCUT2D eigenvalue weighted by Crippen LogP contribution is 2.13. The van der Waals surface area contributed by atoms with Gasteiger partial charge in [0.2, 0.25) is 16.0 Å². The largest absolute Gasteiger partial charge is 0.443 e. The Bertz CT molecular complexity index is 1480. The van der Waals surface area contributed by atoms with Crippen LogP contribution in [0, 0.1) is 5.41 Å². The maximum atomic E-state index is 13.3. The van der Waals surface area contributed by atoms with Crippen LogP contribution in [0.2, 0.25) is 0 Å². The Hall–Kier alpha value is -4.44. The highest BCUT2D eigenvalue weighted by molar-refractivity contribution is 7.91. The zero-order valence-electron chi connectivity index (χ0n) is 24.9. The number of nitrogens with one attached hydrogen (secondary N) is 2. The number of hydrogen-bond donors (Lipinski definition) is 3. The molecule has 43 heavy (non-hydrogen) atoms. The molecule has 236 valence electrons. The smallest absolute Gasteiger partial charge is 0.442 e. The Morgan fingerprint density at radius 2 is 1.53 bits per heavy atom. The van der Waals surface area contributed by atoms with Crippen molar-refractivity contribution in [2.75, 3.05) is 17.9 Å². The van der Waals surface area contributed by atoms with Gasteiger partial charge in [-0.2, -0.15) is 0 Å². The molecule has 16 heteroatoms. The van der Waals surface area contributed by atoms with Gasteiger partial charge in [-0.25, -0.2) is 22.9 Å². The number of imide groups is 1. The summed E-state index contributed by atoms with van der Waals surface area (Å²) in [4.78, 5) is 57.4. The minimum absolute atomic E-state index is 0.298. The third-order valence-electron chi connectivity index (χ3n) is 5.02. The van der Waals surface area contributed by atoms with Crippen LogP contribution in [0.4, 0.5) is 15.3 Å². The summed E-state index contributed by atoms with van der Waals surface area (Å²) in [5.41, 5.74) is 2.88. The first-order chi connectivity index (χ1) is 19.8. The lowest BCUT2D eigenvalue weighted by Gasteiger charge is -2.28. The van der Waals surface area contributed by atoms with Gasteiger partial charge >= 0.3 is 12.2 Å². The first kappa shape index (κ1) is 34.8. The van der Waals surface area contributed by atoms with Gasteiger partial charge < -0.3 is 19.8 Å². The van der Waals surface area contributed by atoms with E-state index in [0.717, 1.165) is 4.57 Å². The van der Waals surface area contributed by atoms with Crippen molar-refractivity contribution >= 4 is 39.8 Å². The van der Waals surface area contributed by atoms with Crippen LogP contribution in [-0.4, -0.2) is 71.4 Å². The molecule has 0 unspecified atom stereocenters. The van der Waals surface area contributed by atoms with Crippen LogP contribution in [0.3, 0.4) is 0 Å². The normalized spacial score (nSPS) is 11.8. The first-order valence-corrected chi connectivity index (χ1v) is 14.7. The number of aromatic nitrogens is 1. The number of anilines is 1. The van der Waals surface area contributed by atoms with Crippen molar-refractivity contribution in [1.29, 1.82) is 5.41 Å². The monoisotopic (exact) mass is 622 g/mol. The van der Waals surface area contributed by atoms with Gasteiger partial charge in [-0.15, -0.1) is 5.06 Å². The number of benzene rings is 1. The minimum atomic E-state index is -3.97. The summed E-state index contributed by atoms with van der Waals surface area (Å²) in [5, 5.41) is 7.96. The fraction of sp³-hybridized carbons (Fsp3) is 0.444. The van der Waals surface area contributed by atoms with Crippen molar-refractivity contribution in [1.82, 2.24) is 14.5 Å². The number of hydroxylamine groups is 2. The van der Waals surface area contributed by atoms with Gasteiger partial charge in [0, 0.05) is 6.20 Å². The number of carbonyl (C=O) groups excluding carboxylic acids is 3. The topological polar surface area (TPSA) is 203 Å². The molecule has 3 amide bonds. The van der Waals surface area contributed by atoms with Crippen LogP contribution in [0.15, 0.2) is 53.5 Å². The Balaban J connectivity index is 2.23. The molecule has 0 bridgehead atoms. The van der Waals surface area contributed by atoms with E-state index >= 15 is 0 Å². The highest BCUT2D eigenvalue weighted by Gasteiger charge is 2.30. The number of nitrogens with zero attached hydrogens (tertiary/aromatic N) is 3. The predicted octanol–water partition coefficient (Wildman–Crippen LogP) is 2.62. The molecule has 0 aliphatic rings. The van der Waals surface area contributed by atoms with Crippen molar-refractivity contribution in [3.05, 3.63) is 64.6 Å². The second-order valence-corrected chi connectivity index (χ2v) is 12.9. The summed E-state index contributed by atoms with van der Waals surface area (Å²) in [7, 11) is -3.97. The van der Waals surface area contributed by atoms with E-state index in [4.69, 9.17) is 25.5 Å². The summed E-state index contributed by atoms with van der Waals surface area (Å²) in [6.07, 6.45) is -0.910. The lowest BCUT2D eigenvalue weighted by atomic mass is 10.2. The molecule has 2 aromatic rings. The standard InChI is InChI=1S/C27H38N6O9S/c1-26(2,3)41-24(36)32(15-16-40-33(23(28)29)25(37)42-27(4,5)6)21(34)17-31-14-10-13-20(22(31)35)30-43(38,39)18-19-11-8-7-9-12-19/h7-14,30H,15-18H2,1-6H3,(H3,28,29). The van der Waals surface area contributed by atoms with E-state index in [2.05, 4.69) is 4.72 Å². The van der Waals surface area contributed by atoms with Crippen molar-refractivity contribution in [3.63, 3.8) is 0 Å². The van der Waals surface area contributed by atoms with Gasteiger partial charge in [0.15, 0.2) is 0 Å². The molecule has 0 aliphatic heterocycles. The van der Waals surface area contributed by atoms with E-state index in [1.54, 1.807) is 71.9 Å². The zero-order valence-corrected chi connectivity index (χ0v) is 25.8. The van der Waals surface area contributed by atoms with E-state index in [1.165, 1.54) is 18.3 Å². The first-order valence-electron chi connectivity index (χ1n) is 13.1. The van der Waals surface area contributed by atoms with Crippen LogP contribution in [0.5, 0.6) is 0 Å². The number of sulfonamides is 1. The quantitative estimate of drug-likeness (QED) is 0.201. The highest BCUT2D eigenvalue weighted by atomic mass is 32.2. The summed E-state index contributed by atoms with van der Waals surface area (Å²) in [6.45, 7) is 7.88. The maximum absolute atomic E-state index is 13.3. The minimum Gasteiger partial charge on any atom is -0.443 e. The molecule has 0 spiro atoms. The number of amides is 3. The predicted molar refractivity (Wildman–Crippen MR) is 157 cm³/mol. The van der Waals surface area contributed by atoms with Crippen molar-refractivity contribution in [2.45, 2.75) is 65.0 Å². The third-order valence-corrected chi connectivity index (χ3v) is 6.26. The van der Waals surface area contributed by atoms with E-state index in [1.807, 2.05) is 0 Å². The molecule has 1 aromatic carbocycles.